The van der Waals surface area contributed by atoms with E-state index < -0.39 is 11.7 Å². The third-order valence-corrected chi connectivity index (χ3v) is 5.33. The van der Waals surface area contributed by atoms with Crippen molar-refractivity contribution < 1.29 is 18.3 Å². The molecule has 4 aromatic rings. The van der Waals surface area contributed by atoms with Gasteiger partial charge in [-0.15, -0.1) is 11.3 Å². The zero-order chi connectivity index (χ0) is 19.0. The average molecular weight is 386 g/mol. The third-order valence-electron chi connectivity index (χ3n) is 4.08. The lowest BCUT2D eigenvalue weighted by molar-refractivity contribution is -0.137. The summed E-state index contributed by atoms with van der Waals surface area (Å²) in [7, 11) is 0. The molecule has 2 N–H and O–H groups in total. The molecule has 0 unspecified atom stereocenters. The van der Waals surface area contributed by atoms with Crippen molar-refractivity contribution >= 4 is 32.9 Å². The van der Waals surface area contributed by atoms with Crippen LogP contribution in [-0.4, -0.2) is 10.1 Å². The number of aromatic hydroxyl groups is 1. The van der Waals surface area contributed by atoms with Crippen LogP contribution in [0.1, 0.15) is 5.56 Å². The number of thiophene rings is 1. The Morgan fingerprint density at radius 2 is 1.63 bits per heavy atom. The molecule has 0 spiro atoms. The lowest BCUT2D eigenvalue weighted by atomic mass is 10.1. The van der Waals surface area contributed by atoms with Gasteiger partial charge in [0.15, 0.2) is 5.75 Å². The van der Waals surface area contributed by atoms with Crippen LogP contribution in [0.2, 0.25) is 0 Å². The number of benzene rings is 2. The first-order valence-corrected chi connectivity index (χ1v) is 8.85. The highest BCUT2D eigenvalue weighted by Crippen LogP contribution is 2.45. The van der Waals surface area contributed by atoms with Crippen molar-refractivity contribution in [2.45, 2.75) is 6.18 Å². The zero-order valence-corrected chi connectivity index (χ0v) is 14.6. The van der Waals surface area contributed by atoms with E-state index in [1.54, 1.807) is 12.3 Å². The fourth-order valence-electron chi connectivity index (χ4n) is 2.76. The van der Waals surface area contributed by atoms with Crippen LogP contribution in [0.15, 0.2) is 66.9 Å². The molecule has 3 nitrogen and oxygen atoms in total. The largest absolute Gasteiger partial charge is 0.504 e. The number of nitrogens with one attached hydrogen (secondary N) is 1. The fraction of sp³-hybridized carbons (Fsp3) is 0.0500. The van der Waals surface area contributed by atoms with Gasteiger partial charge in [0, 0.05) is 11.9 Å². The van der Waals surface area contributed by atoms with Crippen LogP contribution in [-0.2, 0) is 6.18 Å². The van der Waals surface area contributed by atoms with E-state index in [1.807, 2.05) is 30.3 Å². The van der Waals surface area contributed by atoms with Gasteiger partial charge in [-0.25, -0.2) is 0 Å². The summed E-state index contributed by atoms with van der Waals surface area (Å²) >= 11 is 1.38. The summed E-state index contributed by atoms with van der Waals surface area (Å²) in [5.74, 6) is 0.0947. The number of alkyl halides is 3. The Balaban J connectivity index is 1.73. The van der Waals surface area contributed by atoms with Crippen LogP contribution in [0.25, 0.3) is 20.7 Å². The number of halogens is 3. The van der Waals surface area contributed by atoms with Crippen LogP contribution in [0.3, 0.4) is 0 Å². The zero-order valence-electron chi connectivity index (χ0n) is 13.8. The molecule has 0 aliphatic rings. The molecule has 27 heavy (non-hydrogen) atoms. The van der Waals surface area contributed by atoms with Crippen molar-refractivity contribution in [2.75, 3.05) is 5.32 Å². The highest BCUT2D eigenvalue weighted by Gasteiger charge is 2.30. The first-order chi connectivity index (χ1) is 12.9. The van der Waals surface area contributed by atoms with E-state index in [9.17, 15) is 18.3 Å². The van der Waals surface area contributed by atoms with Crippen molar-refractivity contribution in [3.8, 4) is 16.2 Å². The predicted octanol–water partition coefficient (Wildman–Crippen LogP) is 6.43. The molecular weight excluding hydrogens is 373 g/mol. The van der Waals surface area contributed by atoms with Gasteiger partial charge in [-0.1, -0.05) is 30.3 Å². The van der Waals surface area contributed by atoms with E-state index in [0.29, 0.717) is 21.8 Å². The number of rotatable bonds is 3. The maximum absolute atomic E-state index is 12.7. The molecule has 0 aliphatic heterocycles. The summed E-state index contributed by atoms with van der Waals surface area (Å²) in [6.07, 6.45) is -2.82. The molecule has 0 bridgehead atoms. The van der Waals surface area contributed by atoms with Gasteiger partial charge in [0.05, 0.1) is 20.8 Å². The van der Waals surface area contributed by atoms with Gasteiger partial charge in [0.1, 0.15) is 5.52 Å². The second kappa shape index (κ2) is 6.59. The van der Waals surface area contributed by atoms with Crippen LogP contribution in [0, 0.1) is 0 Å². The monoisotopic (exact) mass is 386 g/mol. The van der Waals surface area contributed by atoms with Crippen molar-refractivity contribution in [3.05, 3.63) is 72.4 Å². The normalized spacial score (nSPS) is 11.7. The molecule has 2 aromatic carbocycles. The Morgan fingerprint density at radius 1 is 0.926 bits per heavy atom. The number of fused-ring (bicyclic) bond motifs is 1. The highest BCUT2D eigenvalue weighted by molar-refractivity contribution is 7.23. The van der Waals surface area contributed by atoms with E-state index in [1.165, 1.54) is 23.5 Å². The molecule has 0 amide bonds. The van der Waals surface area contributed by atoms with Gasteiger partial charge in [-0.05, 0) is 35.9 Å². The van der Waals surface area contributed by atoms with Crippen molar-refractivity contribution in [2.24, 2.45) is 0 Å². The van der Waals surface area contributed by atoms with Gasteiger partial charge >= 0.3 is 6.18 Å². The Bertz CT molecular complexity index is 1090. The number of hydrogen-bond donors (Lipinski definition) is 2. The quantitative estimate of drug-likeness (QED) is 0.426. The fourth-order valence-corrected chi connectivity index (χ4v) is 3.89. The van der Waals surface area contributed by atoms with Gasteiger partial charge in [0.25, 0.3) is 0 Å². The maximum Gasteiger partial charge on any atom is 0.416 e. The highest BCUT2D eigenvalue weighted by atomic mass is 32.1. The average Bonchev–Trinajstić information content (AvgIpc) is 3.00. The standard InChI is InChI=1S/C20H13F3N2OS/c21-20(22,23)13-6-8-14(9-7-13)25-15-10-11-24-16-17(26)18(27-19(15)16)12-4-2-1-3-5-12/h1-11,26H,(H,24,25). The summed E-state index contributed by atoms with van der Waals surface area (Å²) in [6, 6.07) is 16.0. The molecule has 4 rings (SSSR count). The molecule has 0 atom stereocenters. The topological polar surface area (TPSA) is 45.1 Å². The summed E-state index contributed by atoms with van der Waals surface area (Å²) in [5, 5.41) is 13.7. The first kappa shape index (κ1) is 17.4. The van der Waals surface area contributed by atoms with Crippen LogP contribution in [0.4, 0.5) is 24.5 Å². The Labute approximate surface area is 156 Å². The molecule has 7 heteroatoms. The minimum atomic E-state index is -4.37. The van der Waals surface area contributed by atoms with E-state index in [2.05, 4.69) is 10.3 Å². The number of aromatic nitrogens is 1. The smallest absolute Gasteiger partial charge is 0.416 e. The molecule has 0 aliphatic carbocycles. The van der Waals surface area contributed by atoms with Gasteiger partial charge in [0.2, 0.25) is 0 Å². The van der Waals surface area contributed by atoms with Gasteiger partial charge < -0.3 is 10.4 Å². The SMILES string of the molecule is Oc1c(-c2ccccc2)sc2c(Nc3ccc(C(F)(F)F)cc3)ccnc12. The second-order valence-corrected chi connectivity index (χ2v) is 6.90. The summed E-state index contributed by atoms with van der Waals surface area (Å²) in [6.45, 7) is 0. The summed E-state index contributed by atoms with van der Waals surface area (Å²) in [5.41, 5.74) is 1.81. The molecule has 2 aromatic heterocycles. The summed E-state index contributed by atoms with van der Waals surface area (Å²) in [4.78, 5) is 4.94. The second-order valence-electron chi connectivity index (χ2n) is 5.88. The van der Waals surface area contributed by atoms with E-state index in [-0.39, 0.29) is 5.75 Å². The minimum absolute atomic E-state index is 0.0947. The number of anilines is 2. The molecule has 0 fully saturated rings. The van der Waals surface area contributed by atoms with E-state index in [4.69, 9.17) is 0 Å². The van der Waals surface area contributed by atoms with Gasteiger partial charge in [-0.3, -0.25) is 4.98 Å². The number of nitrogens with zero attached hydrogens (tertiary/aromatic N) is 1. The van der Waals surface area contributed by atoms with Gasteiger partial charge in [-0.2, -0.15) is 13.2 Å². The lowest BCUT2D eigenvalue weighted by Gasteiger charge is -2.10. The molecular formula is C20H13F3N2OS. The summed E-state index contributed by atoms with van der Waals surface area (Å²) < 4.78 is 38.9. The molecule has 0 saturated heterocycles. The van der Waals surface area contributed by atoms with E-state index in [0.717, 1.165) is 22.4 Å². The van der Waals surface area contributed by atoms with Crippen LogP contribution in [0.5, 0.6) is 5.75 Å². The Morgan fingerprint density at radius 3 is 2.30 bits per heavy atom. The van der Waals surface area contributed by atoms with Crippen molar-refractivity contribution in [1.29, 1.82) is 0 Å². The minimum Gasteiger partial charge on any atom is -0.504 e. The Hall–Kier alpha value is -3.06. The van der Waals surface area contributed by atoms with E-state index >= 15 is 0 Å². The van der Waals surface area contributed by atoms with Crippen LogP contribution < -0.4 is 5.32 Å². The number of pyridine rings is 1. The molecule has 136 valence electrons. The third kappa shape index (κ3) is 3.33. The predicted molar refractivity (Wildman–Crippen MR) is 101 cm³/mol. The lowest BCUT2D eigenvalue weighted by Crippen LogP contribution is -2.04. The van der Waals surface area contributed by atoms with Crippen molar-refractivity contribution in [1.82, 2.24) is 4.98 Å². The maximum atomic E-state index is 12.7. The Kier molecular flexibility index (Phi) is 4.24. The molecule has 2 heterocycles. The molecule has 0 saturated carbocycles. The first-order valence-electron chi connectivity index (χ1n) is 8.03. The van der Waals surface area contributed by atoms with Crippen LogP contribution >= 0.6 is 11.3 Å². The van der Waals surface area contributed by atoms with Crippen molar-refractivity contribution in [3.63, 3.8) is 0 Å². The molecule has 0 radical (unpaired) electrons. The number of hydrogen-bond acceptors (Lipinski definition) is 4.